The second kappa shape index (κ2) is 5.78. The Morgan fingerprint density at radius 3 is 3.11 bits per heavy atom. The number of carbonyl (C=O) groups excluding carboxylic acids is 1. The SMILES string of the molecule is CSCC(=O)Nc1cccc(-n2[nH]nnc2=S)c1. The molecule has 2 rings (SSSR count). The highest BCUT2D eigenvalue weighted by Crippen LogP contribution is 2.14. The van der Waals surface area contributed by atoms with E-state index in [1.54, 1.807) is 10.7 Å². The summed E-state index contributed by atoms with van der Waals surface area (Å²) in [4.78, 5) is 11.5. The number of rotatable bonds is 4. The van der Waals surface area contributed by atoms with E-state index in [9.17, 15) is 4.79 Å². The summed E-state index contributed by atoms with van der Waals surface area (Å²) in [7, 11) is 0. The van der Waals surface area contributed by atoms with Gasteiger partial charge in [-0.2, -0.15) is 17.0 Å². The van der Waals surface area contributed by atoms with Crippen LogP contribution in [-0.4, -0.2) is 38.1 Å². The van der Waals surface area contributed by atoms with Gasteiger partial charge in [0.15, 0.2) is 0 Å². The maximum absolute atomic E-state index is 11.5. The first-order valence-electron chi connectivity index (χ1n) is 5.10. The van der Waals surface area contributed by atoms with E-state index in [4.69, 9.17) is 12.2 Å². The number of amides is 1. The molecule has 8 heteroatoms. The predicted molar refractivity (Wildman–Crippen MR) is 73.6 cm³/mol. The number of benzene rings is 1. The molecule has 0 saturated heterocycles. The highest BCUT2D eigenvalue weighted by molar-refractivity contribution is 7.99. The highest BCUT2D eigenvalue weighted by Gasteiger charge is 2.04. The number of hydrogen-bond donors (Lipinski definition) is 2. The van der Waals surface area contributed by atoms with Crippen LogP contribution in [0, 0.1) is 4.77 Å². The van der Waals surface area contributed by atoms with Gasteiger partial charge in [-0.1, -0.05) is 16.4 Å². The molecule has 0 spiro atoms. The van der Waals surface area contributed by atoms with Crippen LogP contribution in [0.1, 0.15) is 0 Å². The molecule has 1 heterocycles. The molecule has 6 nitrogen and oxygen atoms in total. The zero-order valence-electron chi connectivity index (χ0n) is 9.58. The zero-order valence-corrected chi connectivity index (χ0v) is 11.2. The van der Waals surface area contributed by atoms with Crippen LogP contribution in [0.25, 0.3) is 5.69 Å². The van der Waals surface area contributed by atoms with Gasteiger partial charge in [-0.15, -0.1) is 0 Å². The van der Waals surface area contributed by atoms with Gasteiger partial charge in [-0.25, -0.2) is 4.68 Å². The minimum absolute atomic E-state index is 0.0361. The Bertz CT molecular complexity index is 606. The summed E-state index contributed by atoms with van der Waals surface area (Å²) >= 11 is 6.48. The monoisotopic (exact) mass is 281 g/mol. The van der Waals surface area contributed by atoms with Crippen LogP contribution in [0.5, 0.6) is 0 Å². The van der Waals surface area contributed by atoms with Crippen LogP contribution in [0.2, 0.25) is 0 Å². The number of tetrazole rings is 1. The summed E-state index contributed by atoms with van der Waals surface area (Å²) in [6.07, 6.45) is 1.88. The van der Waals surface area contributed by atoms with Crippen molar-refractivity contribution in [2.24, 2.45) is 0 Å². The average molecular weight is 281 g/mol. The van der Waals surface area contributed by atoms with E-state index in [2.05, 4.69) is 20.8 Å². The molecule has 0 fully saturated rings. The fourth-order valence-electron chi connectivity index (χ4n) is 1.42. The number of aromatic amines is 1. The lowest BCUT2D eigenvalue weighted by Crippen LogP contribution is -2.14. The van der Waals surface area contributed by atoms with Gasteiger partial charge in [0, 0.05) is 5.69 Å². The fraction of sp³-hybridized carbons (Fsp3) is 0.200. The summed E-state index contributed by atoms with van der Waals surface area (Å²) in [5.74, 6) is 0.390. The van der Waals surface area contributed by atoms with Gasteiger partial charge in [0.2, 0.25) is 10.7 Å². The number of H-pyrrole nitrogens is 1. The number of nitrogens with one attached hydrogen (secondary N) is 2. The maximum atomic E-state index is 11.5. The molecule has 0 aliphatic heterocycles. The molecule has 0 radical (unpaired) electrons. The number of anilines is 1. The number of nitrogens with zero attached hydrogens (tertiary/aromatic N) is 3. The average Bonchev–Trinajstić information content (AvgIpc) is 2.76. The van der Waals surface area contributed by atoms with Crippen molar-refractivity contribution in [2.45, 2.75) is 0 Å². The Balaban J connectivity index is 2.23. The normalized spacial score (nSPS) is 10.3. The fourth-order valence-corrected chi connectivity index (χ4v) is 1.94. The van der Waals surface area contributed by atoms with Gasteiger partial charge in [-0.3, -0.25) is 4.79 Å². The molecule has 0 atom stereocenters. The Hall–Kier alpha value is -1.67. The molecule has 0 bridgehead atoms. The van der Waals surface area contributed by atoms with Crippen molar-refractivity contribution < 1.29 is 4.79 Å². The van der Waals surface area contributed by atoms with Crippen LogP contribution in [0.3, 0.4) is 0 Å². The molecule has 1 aromatic heterocycles. The van der Waals surface area contributed by atoms with E-state index >= 15 is 0 Å². The quantitative estimate of drug-likeness (QED) is 0.833. The van der Waals surface area contributed by atoms with Crippen LogP contribution < -0.4 is 5.32 Å². The standard InChI is InChI=1S/C10H11N5OS2/c1-18-6-9(16)11-7-3-2-4-8(5-7)15-10(17)12-13-14-15/h2-5H,6H2,1H3,(H,11,16)(H,12,14,17). The van der Waals surface area contributed by atoms with Crippen LogP contribution in [0.4, 0.5) is 5.69 Å². The molecule has 0 unspecified atom stereocenters. The van der Waals surface area contributed by atoms with Crippen LogP contribution in [0.15, 0.2) is 24.3 Å². The number of thioether (sulfide) groups is 1. The second-order valence-corrected chi connectivity index (χ2v) is 4.68. The minimum Gasteiger partial charge on any atom is -0.325 e. The lowest BCUT2D eigenvalue weighted by atomic mass is 10.3. The van der Waals surface area contributed by atoms with E-state index in [0.717, 1.165) is 5.69 Å². The van der Waals surface area contributed by atoms with Crippen LogP contribution >= 0.6 is 24.0 Å². The Morgan fingerprint density at radius 1 is 1.61 bits per heavy atom. The summed E-state index contributed by atoms with van der Waals surface area (Å²) in [6.45, 7) is 0. The third-order valence-electron chi connectivity index (χ3n) is 2.14. The number of aromatic nitrogens is 4. The van der Waals surface area contributed by atoms with Crippen molar-refractivity contribution in [2.75, 3.05) is 17.3 Å². The second-order valence-electron chi connectivity index (χ2n) is 3.45. The third-order valence-corrected chi connectivity index (χ3v) is 2.95. The smallest absolute Gasteiger partial charge is 0.242 e. The summed E-state index contributed by atoms with van der Waals surface area (Å²) in [6, 6.07) is 7.29. The summed E-state index contributed by atoms with van der Waals surface area (Å²) < 4.78 is 1.89. The highest BCUT2D eigenvalue weighted by atomic mass is 32.2. The molecular formula is C10H11N5OS2. The maximum Gasteiger partial charge on any atom is 0.242 e. The van der Waals surface area contributed by atoms with E-state index in [1.165, 1.54) is 11.8 Å². The molecular weight excluding hydrogens is 270 g/mol. The molecule has 94 valence electrons. The molecule has 2 aromatic rings. The van der Waals surface area contributed by atoms with Gasteiger partial charge < -0.3 is 5.32 Å². The lowest BCUT2D eigenvalue weighted by Gasteiger charge is -2.06. The van der Waals surface area contributed by atoms with Gasteiger partial charge in [0.25, 0.3) is 0 Å². The van der Waals surface area contributed by atoms with E-state index in [1.807, 2.05) is 24.5 Å². The van der Waals surface area contributed by atoms with Crippen LogP contribution in [-0.2, 0) is 4.79 Å². The molecule has 18 heavy (non-hydrogen) atoms. The van der Waals surface area contributed by atoms with Crippen molar-refractivity contribution in [3.63, 3.8) is 0 Å². The Kier molecular flexibility index (Phi) is 4.11. The van der Waals surface area contributed by atoms with Gasteiger partial charge in [-0.05, 0) is 36.7 Å². The summed E-state index contributed by atoms with van der Waals surface area (Å²) in [5.41, 5.74) is 1.48. The van der Waals surface area contributed by atoms with Gasteiger partial charge in [0.05, 0.1) is 11.4 Å². The molecule has 1 amide bonds. The minimum atomic E-state index is -0.0361. The Labute approximate surface area is 113 Å². The van der Waals surface area contributed by atoms with Crippen molar-refractivity contribution >= 4 is 35.6 Å². The van der Waals surface area contributed by atoms with Crippen molar-refractivity contribution in [1.82, 2.24) is 20.2 Å². The number of hydrogen-bond acceptors (Lipinski definition) is 5. The van der Waals surface area contributed by atoms with Gasteiger partial charge >= 0.3 is 0 Å². The van der Waals surface area contributed by atoms with E-state index < -0.39 is 0 Å². The summed E-state index contributed by atoms with van der Waals surface area (Å²) in [5, 5.41) is 12.8. The molecule has 0 aliphatic rings. The largest absolute Gasteiger partial charge is 0.325 e. The van der Waals surface area contributed by atoms with Crippen molar-refractivity contribution in [3.8, 4) is 5.69 Å². The first kappa shape index (κ1) is 12.8. The molecule has 0 aliphatic carbocycles. The van der Waals surface area contributed by atoms with E-state index in [0.29, 0.717) is 16.2 Å². The molecule has 2 N–H and O–H groups in total. The topological polar surface area (TPSA) is 75.6 Å². The third kappa shape index (κ3) is 2.96. The lowest BCUT2D eigenvalue weighted by molar-refractivity contribution is -0.113. The zero-order chi connectivity index (χ0) is 13.0. The Morgan fingerprint density at radius 2 is 2.44 bits per heavy atom. The van der Waals surface area contributed by atoms with E-state index in [-0.39, 0.29) is 5.91 Å². The first-order valence-corrected chi connectivity index (χ1v) is 6.90. The molecule has 1 aromatic carbocycles. The van der Waals surface area contributed by atoms with Crippen molar-refractivity contribution in [1.29, 1.82) is 0 Å². The predicted octanol–water partition coefficient (Wildman–Crippen LogP) is 1.63. The molecule has 0 saturated carbocycles. The van der Waals surface area contributed by atoms with Crippen molar-refractivity contribution in [3.05, 3.63) is 29.0 Å². The van der Waals surface area contributed by atoms with Gasteiger partial charge in [0.1, 0.15) is 0 Å². The number of carbonyl (C=O) groups is 1. The first-order chi connectivity index (χ1) is 8.70.